The standard InChI is InChI=1S/C30H44N8O2/c1-3-28(39)37-11-8-20(9-12-37)24-5-6-25-30(36-24)29(21(16-31)17-32-25)35-22-4-7-26(19(2)14-22)40-23-10-13-38-27(15-23)33-18-34-38/h3,8,10,13,15,19,21-22,24-27,29-30,32-36H,1,4-7,9,11-12,14,17-18H2,2H3. The number of carbonyl (C=O) groups is 1. The smallest absolute Gasteiger partial charge is 0.246 e. The molecule has 1 saturated carbocycles. The van der Waals surface area contributed by atoms with Gasteiger partial charge in [-0.25, -0.2) is 5.43 Å². The van der Waals surface area contributed by atoms with Gasteiger partial charge in [0.2, 0.25) is 5.91 Å². The van der Waals surface area contributed by atoms with E-state index in [2.05, 4.69) is 63.4 Å². The van der Waals surface area contributed by atoms with E-state index >= 15 is 0 Å². The van der Waals surface area contributed by atoms with Crippen molar-refractivity contribution in [3.8, 4) is 6.07 Å². The van der Waals surface area contributed by atoms with Gasteiger partial charge in [-0.1, -0.05) is 25.2 Å². The van der Waals surface area contributed by atoms with Crippen LogP contribution in [0.5, 0.6) is 0 Å². The fourth-order valence-corrected chi connectivity index (χ4v) is 7.47. The number of amides is 1. The topological polar surface area (TPSA) is 117 Å². The maximum Gasteiger partial charge on any atom is 0.246 e. The maximum absolute atomic E-state index is 12.0. The Morgan fingerprint density at radius 1 is 1.27 bits per heavy atom. The Hall–Kier alpha value is -2.68. The van der Waals surface area contributed by atoms with Gasteiger partial charge in [0.05, 0.1) is 18.7 Å². The minimum Gasteiger partial charge on any atom is -0.490 e. The number of carbonyl (C=O) groups excluding carboxylic acids is 1. The van der Waals surface area contributed by atoms with Gasteiger partial charge in [-0.2, -0.15) is 5.26 Å². The molecule has 9 unspecified atom stereocenters. The van der Waals surface area contributed by atoms with Crippen LogP contribution in [-0.4, -0.2) is 84.6 Å². The lowest BCUT2D eigenvalue weighted by Crippen LogP contribution is -2.71. The van der Waals surface area contributed by atoms with Crippen molar-refractivity contribution < 1.29 is 9.53 Å². The average molecular weight is 549 g/mol. The molecule has 0 spiro atoms. The van der Waals surface area contributed by atoms with Crippen LogP contribution >= 0.6 is 0 Å². The first-order valence-corrected chi connectivity index (χ1v) is 15.1. The van der Waals surface area contributed by atoms with E-state index in [1.54, 1.807) is 0 Å². The molecule has 0 aromatic rings. The van der Waals surface area contributed by atoms with E-state index in [-0.39, 0.29) is 36.2 Å². The highest BCUT2D eigenvalue weighted by molar-refractivity contribution is 5.87. The molecule has 40 heavy (non-hydrogen) atoms. The minimum atomic E-state index is -0.0779. The second-order valence-electron chi connectivity index (χ2n) is 12.2. The maximum atomic E-state index is 12.0. The zero-order valence-electron chi connectivity index (χ0n) is 23.5. The van der Waals surface area contributed by atoms with Gasteiger partial charge in [0, 0.05) is 56.0 Å². The van der Waals surface area contributed by atoms with Crippen LogP contribution < -0.4 is 26.7 Å². The molecular formula is C30H44N8O2. The van der Waals surface area contributed by atoms with E-state index in [1.807, 2.05) is 17.2 Å². The van der Waals surface area contributed by atoms with Crippen LogP contribution in [-0.2, 0) is 9.53 Å². The van der Waals surface area contributed by atoms with Crippen LogP contribution in [0.3, 0.4) is 0 Å². The lowest BCUT2D eigenvalue weighted by atomic mass is 9.77. The van der Waals surface area contributed by atoms with Gasteiger partial charge in [-0.3, -0.25) is 15.1 Å². The number of hydrogen-bond acceptors (Lipinski definition) is 9. The summed E-state index contributed by atoms with van der Waals surface area (Å²) in [5, 5.41) is 27.1. The molecule has 10 nitrogen and oxygen atoms in total. The zero-order chi connectivity index (χ0) is 27.6. The van der Waals surface area contributed by atoms with Gasteiger partial charge in [0.1, 0.15) is 18.0 Å². The van der Waals surface area contributed by atoms with Gasteiger partial charge in [-0.15, -0.1) is 0 Å². The van der Waals surface area contributed by atoms with Crippen molar-refractivity contribution in [2.45, 2.75) is 87.9 Å². The van der Waals surface area contributed by atoms with Crippen LogP contribution in [0.15, 0.2) is 48.4 Å². The van der Waals surface area contributed by atoms with E-state index < -0.39 is 0 Å². The summed E-state index contributed by atoms with van der Waals surface area (Å²) in [4.78, 5) is 13.9. The Morgan fingerprint density at radius 3 is 2.95 bits per heavy atom. The molecule has 6 aliphatic rings. The third-order valence-electron chi connectivity index (χ3n) is 9.76. The van der Waals surface area contributed by atoms with E-state index in [9.17, 15) is 10.1 Å². The Kier molecular flexibility index (Phi) is 8.28. The fraction of sp³-hybridized carbons (Fsp3) is 0.667. The summed E-state index contributed by atoms with van der Waals surface area (Å²) >= 11 is 0. The molecule has 216 valence electrons. The Balaban J connectivity index is 1.07. The molecule has 0 radical (unpaired) electrons. The number of nitriles is 1. The second-order valence-corrected chi connectivity index (χ2v) is 12.2. The molecule has 9 atom stereocenters. The van der Waals surface area contributed by atoms with Crippen molar-refractivity contribution in [2.24, 2.45) is 11.8 Å². The number of nitrogens with zero attached hydrogens (tertiary/aromatic N) is 3. The highest BCUT2D eigenvalue weighted by Crippen LogP contribution is 2.33. The Bertz CT molecular complexity index is 1100. The van der Waals surface area contributed by atoms with Gasteiger partial charge < -0.3 is 25.6 Å². The molecule has 0 bridgehead atoms. The first-order chi connectivity index (χ1) is 19.5. The predicted molar refractivity (Wildman–Crippen MR) is 153 cm³/mol. The van der Waals surface area contributed by atoms with E-state index in [0.29, 0.717) is 30.6 Å². The molecule has 0 aromatic heterocycles. The summed E-state index contributed by atoms with van der Waals surface area (Å²) in [6, 6.07) is 3.93. The largest absolute Gasteiger partial charge is 0.490 e. The van der Waals surface area contributed by atoms with Gasteiger partial charge in [-0.05, 0) is 62.7 Å². The Labute approximate surface area is 237 Å². The number of hydrazine groups is 1. The number of hydrogen-bond donors (Lipinski definition) is 5. The number of allylic oxidation sites excluding steroid dienone is 1. The molecule has 1 aliphatic carbocycles. The highest BCUT2D eigenvalue weighted by Gasteiger charge is 2.44. The fourth-order valence-electron chi connectivity index (χ4n) is 7.47. The summed E-state index contributed by atoms with van der Waals surface area (Å²) in [6.45, 7) is 8.81. The molecule has 5 aliphatic heterocycles. The second kappa shape index (κ2) is 12.0. The summed E-state index contributed by atoms with van der Waals surface area (Å²) in [7, 11) is 0. The third kappa shape index (κ3) is 5.71. The SMILES string of the molecule is C=CC(=O)N1CC=C(C2CCC3NCC(C#N)C(NC4CCC(OC5=CC6NCNN6C=C5)C(C)C4)C3N2)CC1. The lowest BCUT2D eigenvalue weighted by Gasteiger charge is -2.49. The summed E-state index contributed by atoms with van der Waals surface area (Å²) in [5.74, 6) is 1.29. The summed E-state index contributed by atoms with van der Waals surface area (Å²) in [6.07, 6.45) is 16.3. The Morgan fingerprint density at radius 2 is 2.17 bits per heavy atom. The lowest BCUT2D eigenvalue weighted by molar-refractivity contribution is -0.125. The molecule has 5 heterocycles. The van der Waals surface area contributed by atoms with Crippen LogP contribution in [0.1, 0.15) is 45.4 Å². The van der Waals surface area contributed by atoms with Crippen molar-refractivity contribution in [1.82, 2.24) is 36.6 Å². The monoisotopic (exact) mass is 548 g/mol. The molecule has 1 amide bonds. The molecular weight excluding hydrogens is 504 g/mol. The summed E-state index contributed by atoms with van der Waals surface area (Å²) < 4.78 is 6.47. The van der Waals surface area contributed by atoms with E-state index in [0.717, 1.165) is 64.0 Å². The minimum absolute atomic E-state index is 0.000575. The third-order valence-corrected chi connectivity index (χ3v) is 9.76. The van der Waals surface area contributed by atoms with Crippen molar-refractivity contribution in [2.75, 3.05) is 26.3 Å². The number of nitrogens with one attached hydrogen (secondary N) is 5. The highest BCUT2D eigenvalue weighted by atomic mass is 16.5. The van der Waals surface area contributed by atoms with E-state index in [4.69, 9.17) is 4.74 Å². The van der Waals surface area contributed by atoms with Crippen LogP contribution in [0.4, 0.5) is 0 Å². The molecule has 4 fully saturated rings. The van der Waals surface area contributed by atoms with Crippen molar-refractivity contribution in [3.05, 3.63) is 48.4 Å². The number of rotatable bonds is 6. The average Bonchev–Trinajstić information content (AvgIpc) is 3.46. The predicted octanol–water partition coefficient (Wildman–Crippen LogP) is 1.20. The first kappa shape index (κ1) is 27.5. The van der Waals surface area contributed by atoms with Crippen LogP contribution in [0.25, 0.3) is 0 Å². The molecule has 10 heteroatoms. The summed E-state index contributed by atoms with van der Waals surface area (Å²) in [5.41, 5.74) is 4.66. The number of fused-ring (bicyclic) bond motifs is 2. The van der Waals surface area contributed by atoms with Gasteiger partial charge >= 0.3 is 0 Å². The molecule has 3 saturated heterocycles. The number of piperidine rings is 2. The molecule has 6 rings (SSSR count). The van der Waals surface area contributed by atoms with Crippen molar-refractivity contribution >= 4 is 5.91 Å². The first-order valence-electron chi connectivity index (χ1n) is 15.1. The zero-order valence-corrected chi connectivity index (χ0v) is 23.5. The molecule has 0 aromatic carbocycles. The van der Waals surface area contributed by atoms with Crippen LogP contribution in [0, 0.1) is 23.2 Å². The van der Waals surface area contributed by atoms with Gasteiger partial charge in [0.15, 0.2) is 0 Å². The normalized spacial score (nSPS) is 39.4. The van der Waals surface area contributed by atoms with Crippen molar-refractivity contribution in [3.63, 3.8) is 0 Å². The quantitative estimate of drug-likeness (QED) is 0.247. The molecule has 5 N–H and O–H groups in total. The van der Waals surface area contributed by atoms with E-state index in [1.165, 1.54) is 11.6 Å². The number of ether oxygens (including phenoxy) is 1. The van der Waals surface area contributed by atoms with Crippen molar-refractivity contribution in [1.29, 1.82) is 5.26 Å². The van der Waals surface area contributed by atoms with Gasteiger partial charge in [0.25, 0.3) is 0 Å². The van der Waals surface area contributed by atoms with Crippen LogP contribution in [0.2, 0.25) is 0 Å².